The second kappa shape index (κ2) is 3.62. The quantitative estimate of drug-likeness (QED) is 0.638. The highest BCUT2D eigenvalue weighted by Gasteiger charge is 2.19. The summed E-state index contributed by atoms with van der Waals surface area (Å²) in [6, 6.07) is 5.19. The minimum absolute atomic E-state index is 0.102. The van der Waals surface area contributed by atoms with Crippen LogP contribution in [0.25, 0.3) is 0 Å². The average molecular weight is 196 g/mol. The lowest BCUT2D eigenvalue weighted by atomic mass is 10.2. The smallest absolute Gasteiger partial charge is 0.123 e. The van der Waals surface area contributed by atoms with Gasteiger partial charge in [0.1, 0.15) is 5.82 Å². The fourth-order valence-electron chi connectivity index (χ4n) is 1.56. The van der Waals surface area contributed by atoms with E-state index in [0.717, 1.165) is 6.42 Å². The van der Waals surface area contributed by atoms with Gasteiger partial charge in [0, 0.05) is 0 Å². The normalized spacial score (nSPS) is 11.8. The maximum absolute atomic E-state index is 13.0. The lowest BCUT2D eigenvalue weighted by molar-refractivity contribution is 0.628. The lowest BCUT2D eigenvalue weighted by Gasteiger charge is -2.20. The number of halogens is 1. The molecule has 0 unspecified atom stereocenters. The van der Waals surface area contributed by atoms with Crippen LogP contribution in [0.3, 0.4) is 0 Å². The van der Waals surface area contributed by atoms with Crippen molar-refractivity contribution < 1.29 is 4.39 Å². The molecule has 0 atom stereocenters. The summed E-state index contributed by atoms with van der Waals surface area (Å²) in [4.78, 5) is 0. The van der Waals surface area contributed by atoms with E-state index in [1.807, 2.05) is 6.07 Å². The van der Waals surface area contributed by atoms with E-state index >= 15 is 0 Å². The van der Waals surface area contributed by atoms with Gasteiger partial charge in [-0.15, -0.1) is 0 Å². The van der Waals surface area contributed by atoms with E-state index in [2.05, 4.69) is 26.6 Å². The van der Waals surface area contributed by atoms with Crippen molar-refractivity contribution in [2.75, 3.05) is 0 Å². The molecule has 0 aromatic heterocycles. The Bertz CT molecular complexity index is 299. The number of aryl methyl sites for hydroxylation is 1. The standard InChI is InChI=1S/C11H17FSi/c1-5-9-6-7-10(12)8-11(9)13(2,3)4/h6-8H,5H2,1-4H3. The van der Waals surface area contributed by atoms with Crippen molar-refractivity contribution in [3.8, 4) is 0 Å². The van der Waals surface area contributed by atoms with Crippen molar-refractivity contribution in [3.05, 3.63) is 29.6 Å². The predicted octanol–water partition coefficient (Wildman–Crippen LogP) is 2.93. The first kappa shape index (κ1) is 10.4. The van der Waals surface area contributed by atoms with Gasteiger partial charge in [0.25, 0.3) is 0 Å². The Hall–Kier alpha value is -0.633. The number of hydrogen-bond donors (Lipinski definition) is 0. The molecular formula is C11H17FSi. The number of benzene rings is 1. The maximum atomic E-state index is 13.0. The fraction of sp³-hybridized carbons (Fsp3) is 0.455. The Morgan fingerprint density at radius 3 is 2.31 bits per heavy atom. The molecule has 0 aliphatic carbocycles. The van der Waals surface area contributed by atoms with Gasteiger partial charge in [-0.25, -0.2) is 4.39 Å². The molecule has 0 amide bonds. The van der Waals surface area contributed by atoms with Crippen LogP contribution in [0.15, 0.2) is 18.2 Å². The van der Waals surface area contributed by atoms with Crippen LogP contribution in [0.4, 0.5) is 4.39 Å². The van der Waals surface area contributed by atoms with Crippen LogP contribution < -0.4 is 5.19 Å². The molecule has 0 aliphatic heterocycles. The fourth-order valence-corrected chi connectivity index (χ4v) is 3.35. The molecule has 0 saturated heterocycles. The zero-order valence-corrected chi connectivity index (χ0v) is 9.82. The summed E-state index contributed by atoms with van der Waals surface area (Å²) in [6.45, 7) is 8.87. The van der Waals surface area contributed by atoms with Gasteiger partial charge in [0.2, 0.25) is 0 Å². The Morgan fingerprint density at radius 2 is 1.85 bits per heavy atom. The highest BCUT2D eigenvalue weighted by Crippen LogP contribution is 2.09. The Labute approximate surface area is 80.8 Å². The van der Waals surface area contributed by atoms with Crippen molar-refractivity contribution in [2.24, 2.45) is 0 Å². The molecule has 0 fully saturated rings. The third kappa shape index (κ3) is 2.40. The van der Waals surface area contributed by atoms with Gasteiger partial charge in [-0.1, -0.05) is 37.8 Å². The monoisotopic (exact) mass is 196 g/mol. The van der Waals surface area contributed by atoms with Crippen LogP contribution in [0, 0.1) is 5.82 Å². The molecule has 2 heteroatoms. The molecule has 0 radical (unpaired) electrons. The molecule has 0 nitrogen and oxygen atoms in total. The third-order valence-corrected chi connectivity index (χ3v) is 4.34. The second-order valence-corrected chi connectivity index (χ2v) is 9.44. The molecule has 0 saturated carbocycles. The van der Waals surface area contributed by atoms with E-state index in [1.165, 1.54) is 10.8 Å². The van der Waals surface area contributed by atoms with E-state index in [-0.39, 0.29) is 5.82 Å². The molecule has 0 heterocycles. The van der Waals surface area contributed by atoms with Gasteiger partial charge in [-0.3, -0.25) is 0 Å². The predicted molar refractivity (Wildman–Crippen MR) is 58.8 cm³/mol. The molecular weight excluding hydrogens is 179 g/mol. The average Bonchev–Trinajstić information content (AvgIpc) is 2.03. The van der Waals surface area contributed by atoms with Crippen LogP contribution in [0.1, 0.15) is 12.5 Å². The Morgan fingerprint density at radius 1 is 1.23 bits per heavy atom. The maximum Gasteiger partial charge on any atom is 0.123 e. The van der Waals surface area contributed by atoms with Crippen LogP contribution in [0.2, 0.25) is 19.6 Å². The van der Waals surface area contributed by atoms with Gasteiger partial charge in [-0.2, -0.15) is 0 Å². The minimum Gasteiger partial charge on any atom is -0.207 e. The van der Waals surface area contributed by atoms with Gasteiger partial charge in [0.15, 0.2) is 0 Å². The zero-order chi connectivity index (χ0) is 10.1. The summed E-state index contributed by atoms with van der Waals surface area (Å²) in [7, 11) is -1.37. The lowest BCUT2D eigenvalue weighted by Crippen LogP contribution is -2.40. The van der Waals surface area contributed by atoms with Gasteiger partial charge < -0.3 is 0 Å². The van der Waals surface area contributed by atoms with Crippen molar-refractivity contribution in [1.29, 1.82) is 0 Å². The van der Waals surface area contributed by atoms with E-state index in [1.54, 1.807) is 12.1 Å². The molecule has 0 N–H and O–H groups in total. The molecule has 0 bridgehead atoms. The van der Waals surface area contributed by atoms with Crippen molar-refractivity contribution in [1.82, 2.24) is 0 Å². The Balaban J connectivity index is 3.24. The second-order valence-electron chi connectivity index (χ2n) is 4.41. The zero-order valence-electron chi connectivity index (χ0n) is 8.82. The summed E-state index contributed by atoms with van der Waals surface area (Å²) in [5.41, 5.74) is 1.31. The van der Waals surface area contributed by atoms with E-state index in [4.69, 9.17) is 0 Å². The van der Waals surface area contributed by atoms with Gasteiger partial charge in [0.05, 0.1) is 8.07 Å². The third-order valence-electron chi connectivity index (χ3n) is 2.26. The molecule has 72 valence electrons. The van der Waals surface area contributed by atoms with Gasteiger partial charge in [-0.05, 0) is 24.1 Å². The molecule has 1 aromatic carbocycles. The molecule has 0 spiro atoms. The molecule has 13 heavy (non-hydrogen) atoms. The van der Waals surface area contributed by atoms with Crippen molar-refractivity contribution in [2.45, 2.75) is 33.0 Å². The van der Waals surface area contributed by atoms with Crippen LogP contribution in [-0.2, 0) is 6.42 Å². The first-order valence-corrected chi connectivity index (χ1v) is 8.24. The Kier molecular flexibility index (Phi) is 2.91. The topological polar surface area (TPSA) is 0 Å². The van der Waals surface area contributed by atoms with Crippen molar-refractivity contribution in [3.63, 3.8) is 0 Å². The van der Waals surface area contributed by atoms with Gasteiger partial charge >= 0.3 is 0 Å². The molecule has 1 aromatic rings. The summed E-state index contributed by atoms with van der Waals surface area (Å²) in [6.07, 6.45) is 1.000. The van der Waals surface area contributed by atoms with Crippen LogP contribution in [-0.4, -0.2) is 8.07 Å². The van der Waals surface area contributed by atoms with Crippen LogP contribution >= 0.6 is 0 Å². The molecule has 1 rings (SSSR count). The first-order chi connectivity index (χ1) is 5.95. The minimum atomic E-state index is -1.37. The summed E-state index contributed by atoms with van der Waals surface area (Å²) in [5.74, 6) is -0.102. The summed E-state index contributed by atoms with van der Waals surface area (Å²) < 4.78 is 13.0. The van der Waals surface area contributed by atoms with Crippen molar-refractivity contribution >= 4 is 13.3 Å². The van der Waals surface area contributed by atoms with E-state index in [9.17, 15) is 4.39 Å². The summed E-state index contributed by atoms with van der Waals surface area (Å²) in [5, 5.41) is 1.26. The first-order valence-electron chi connectivity index (χ1n) is 4.74. The number of hydrogen-bond acceptors (Lipinski definition) is 0. The highest BCUT2D eigenvalue weighted by atomic mass is 28.3. The largest absolute Gasteiger partial charge is 0.207 e. The number of rotatable bonds is 2. The van der Waals surface area contributed by atoms with Crippen LogP contribution in [0.5, 0.6) is 0 Å². The van der Waals surface area contributed by atoms with E-state index < -0.39 is 8.07 Å². The summed E-state index contributed by atoms with van der Waals surface area (Å²) >= 11 is 0. The molecule has 0 aliphatic rings. The van der Waals surface area contributed by atoms with E-state index in [0.29, 0.717) is 0 Å². The SMILES string of the molecule is CCc1ccc(F)cc1[Si](C)(C)C. The highest BCUT2D eigenvalue weighted by molar-refractivity contribution is 6.89.